The zero-order valence-electron chi connectivity index (χ0n) is 17.7. The van der Waals surface area contributed by atoms with E-state index in [4.69, 9.17) is 4.52 Å². The van der Waals surface area contributed by atoms with Gasteiger partial charge in [0.15, 0.2) is 0 Å². The first-order chi connectivity index (χ1) is 14.2. The van der Waals surface area contributed by atoms with Crippen molar-refractivity contribution in [2.45, 2.75) is 39.5 Å². The molecule has 1 aromatic heterocycles. The molecule has 2 aromatic carbocycles. The number of nitrogens with zero attached hydrogens (tertiary/aromatic N) is 2. The molecule has 0 spiro atoms. The van der Waals surface area contributed by atoms with Gasteiger partial charge in [-0.05, 0) is 35.2 Å². The monoisotopic (exact) mass is 406 g/mol. The Morgan fingerprint density at radius 2 is 1.73 bits per heavy atom. The van der Waals surface area contributed by atoms with Crippen molar-refractivity contribution >= 4 is 17.5 Å². The third-order valence-corrected chi connectivity index (χ3v) is 4.62. The van der Waals surface area contributed by atoms with E-state index in [0.29, 0.717) is 28.5 Å². The molecule has 0 unspecified atom stereocenters. The maximum absolute atomic E-state index is 12.3. The lowest BCUT2D eigenvalue weighted by molar-refractivity contribution is -0.116. The molecule has 0 aliphatic rings. The summed E-state index contributed by atoms with van der Waals surface area (Å²) >= 11 is 0. The zero-order chi connectivity index (χ0) is 21.7. The van der Waals surface area contributed by atoms with Crippen LogP contribution in [-0.2, 0) is 10.2 Å². The second kappa shape index (κ2) is 8.90. The molecule has 156 valence electrons. The highest BCUT2D eigenvalue weighted by Gasteiger charge is 2.15. The summed E-state index contributed by atoms with van der Waals surface area (Å²) in [6, 6.07) is 14.8. The van der Waals surface area contributed by atoms with Gasteiger partial charge in [-0.1, -0.05) is 50.2 Å². The van der Waals surface area contributed by atoms with Crippen molar-refractivity contribution in [3.8, 4) is 11.4 Å². The van der Waals surface area contributed by atoms with Crippen LogP contribution in [0.15, 0.2) is 53.1 Å². The molecule has 0 aliphatic heterocycles. The van der Waals surface area contributed by atoms with Gasteiger partial charge in [-0.3, -0.25) is 9.59 Å². The van der Waals surface area contributed by atoms with Crippen LogP contribution in [0, 0.1) is 6.92 Å². The van der Waals surface area contributed by atoms with Gasteiger partial charge in [0.1, 0.15) is 0 Å². The van der Waals surface area contributed by atoms with Crippen molar-refractivity contribution in [3.63, 3.8) is 0 Å². The number of aryl methyl sites for hydroxylation is 1. The van der Waals surface area contributed by atoms with E-state index in [1.807, 2.05) is 30.3 Å². The molecule has 30 heavy (non-hydrogen) atoms. The predicted octanol–water partition coefficient (Wildman–Crippen LogP) is 4.10. The Hall–Kier alpha value is -3.48. The maximum atomic E-state index is 12.3. The molecule has 2 N–H and O–H groups in total. The molecule has 3 aromatic rings. The number of benzene rings is 2. The summed E-state index contributed by atoms with van der Waals surface area (Å²) in [5.74, 6) is 0.441. The fourth-order valence-electron chi connectivity index (χ4n) is 2.92. The summed E-state index contributed by atoms with van der Waals surface area (Å²) in [5.41, 5.74) is 3.03. The minimum absolute atomic E-state index is 0.0313. The molecule has 0 bridgehead atoms. The molecule has 0 fully saturated rings. The Kier molecular flexibility index (Phi) is 6.30. The number of hydrogen-bond donors (Lipinski definition) is 2. The van der Waals surface area contributed by atoms with Gasteiger partial charge < -0.3 is 15.2 Å². The first-order valence-electron chi connectivity index (χ1n) is 9.82. The number of para-hydroxylation sites is 1. The minimum atomic E-state index is -0.217. The SMILES string of the molecule is Cc1nc(-c2ccccc2NC(=O)CCNC(=O)c2ccc(C(C)(C)C)cc2)no1. The van der Waals surface area contributed by atoms with Crippen LogP contribution in [-0.4, -0.2) is 28.5 Å². The molecule has 0 aliphatic carbocycles. The largest absolute Gasteiger partial charge is 0.352 e. The summed E-state index contributed by atoms with van der Waals surface area (Å²) in [6.07, 6.45) is 0.144. The predicted molar refractivity (Wildman–Crippen MR) is 115 cm³/mol. The highest BCUT2D eigenvalue weighted by atomic mass is 16.5. The third kappa shape index (κ3) is 5.31. The quantitative estimate of drug-likeness (QED) is 0.642. The van der Waals surface area contributed by atoms with Crippen molar-refractivity contribution in [2.24, 2.45) is 0 Å². The highest BCUT2D eigenvalue weighted by molar-refractivity contribution is 5.96. The van der Waals surface area contributed by atoms with Crippen LogP contribution in [0.2, 0.25) is 0 Å². The summed E-state index contributed by atoms with van der Waals surface area (Å²) in [7, 11) is 0. The van der Waals surface area contributed by atoms with Crippen LogP contribution in [0.25, 0.3) is 11.4 Å². The van der Waals surface area contributed by atoms with E-state index >= 15 is 0 Å². The Labute approximate surface area is 175 Å². The average molecular weight is 406 g/mol. The summed E-state index contributed by atoms with van der Waals surface area (Å²) < 4.78 is 5.02. The summed E-state index contributed by atoms with van der Waals surface area (Å²) in [5, 5.41) is 9.53. The molecule has 0 atom stereocenters. The topological polar surface area (TPSA) is 97.1 Å². The van der Waals surface area contributed by atoms with Gasteiger partial charge in [0.05, 0.1) is 5.69 Å². The molecular formula is C23H26N4O3. The number of nitrogens with one attached hydrogen (secondary N) is 2. The van der Waals surface area contributed by atoms with E-state index < -0.39 is 0 Å². The van der Waals surface area contributed by atoms with Crippen LogP contribution in [0.5, 0.6) is 0 Å². The standard InChI is InChI=1S/C23H26N4O3/c1-15-25-21(27-30-15)18-7-5-6-8-19(18)26-20(28)13-14-24-22(29)16-9-11-17(12-10-16)23(2,3)4/h5-12H,13-14H2,1-4H3,(H,24,29)(H,26,28). The highest BCUT2D eigenvalue weighted by Crippen LogP contribution is 2.25. The van der Waals surface area contributed by atoms with E-state index in [1.54, 1.807) is 25.1 Å². The van der Waals surface area contributed by atoms with Gasteiger partial charge in [-0.15, -0.1) is 0 Å². The second-order valence-electron chi connectivity index (χ2n) is 8.06. The molecule has 1 heterocycles. The van der Waals surface area contributed by atoms with Gasteiger partial charge in [0, 0.05) is 31.0 Å². The van der Waals surface area contributed by atoms with Crippen LogP contribution in [0.3, 0.4) is 0 Å². The summed E-state index contributed by atoms with van der Waals surface area (Å²) in [4.78, 5) is 28.9. The number of aromatic nitrogens is 2. The smallest absolute Gasteiger partial charge is 0.251 e. The van der Waals surface area contributed by atoms with E-state index in [1.165, 1.54) is 0 Å². The number of amides is 2. The Balaban J connectivity index is 1.54. The Morgan fingerprint density at radius 1 is 1.03 bits per heavy atom. The first-order valence-corrected chi connectivity index (χ1v) is 9.82. The molecule has 7 heteroatoms. The molecular weight excluding hydrogens is 380 g/mol. The molecule has 0 saturated heterocycles. The maximum Gasteiger partial charge on any atom is 0.251 e. The Bertz CT molecular complexity index is 1030. The van der Waals surface area contributed by atoms with Gasteiger partial charge in [0.2, 0.25) is 17.6 Å². The van der Waals surface area contributed by atoms with Gasteiger partial charge in [-0.2, -0.15) is 4.98 Å². The Morgan fingerprint density at radius 3 is 2.37 bits per heavy atom. The fourth-order valence-corrected chi connectivity index (χ4v) is 2.92. The van der Waals surface area contributed by atoms with Crippen molar-refractivity contribution in [3.05, 3.63) is 65.5 Å². The molecule has 0 saturated carbocycles. The van der Waals surface area contributed by atoms with Crippen molar-refractivity contribution < 1.29 is 14.1 Å². The molecule has 0 radical (unpaired) electrons. The van der Waals surface area contributed by atoms with E-state index in [2.05, 4.69) is 41.5 Å². The van der Waals surface area contributed by atoms with Crippen LogP contribution in [0.1, 0.15) is 49.0 Å². The summed E-state index contributed by atoms with van der Waals surface area (Å²) in [6.45, 7) is 8.31. The molecule has 3 rings (SSSR count). The van der Waals surface area contributed by atoms with Gasteiger partial charge in [0.25, 0.3) is 5.91 Å². The minimum Gasteiger partial charge on any atom is -0.352 e. The fraction of sp³-hybridized carbons (Fsp3) is 0.304. The van der Waals surface area contributed by atoms with Crippen LogP contribution < -0.4 is 10.6 Å². The lowest BCUT2D eigenvalue weighted by Gasteiger charge is -2.19. The molecule has 2 amide bonds. The number of anilines is 1. The van der Waals surface area contributed by atoms with Crippen LogP contribution >= 0.6 is 0 Å². The van der Waals surface area contributed by atoms with Crippen molar-refractivity contribution in [2.75, 3.05) is 11.9 Å². The number of hydrogen-bond acceptors (Lipinski definition) is 5. The van der Waals surface area contributed by atoms with Crippen molar-refractivity contribution in [1.29, 1.82) is 0 Å². The van der Waals surface area contributed by atoms with Crippen molar-refractivity contribution in [1.82, 2.24) is 15.5 Å². The molecule has 7 nitrogen and oxygen atoms in total. The lowest BCUT2D eigenvalue weighted by atomic mass is 9.87. The van der Waals surface area contributed by atoms with E-state index in [-0.39, 0.29) is 30.2 Å². The number of rotatable bonds is 6. The lowest BCUT2D eigenvalue weighted by Crippen LogP contribution is -2.27. The zero-order valence-corrected chi connectivity index (χ0v) is 17.7. The normalized spacial score (nSPS) is 11.2. The number of carbonyl (C=O) groups is 2. The van der Waals surface area contributed by atoms with Crippen LogP contribution in [0.4, 0.5) is 5.69 Å². The van der Waals surface area contributed by atoms with E-state index in [0.717, 1.165) is 5.56 Å². The number of carbonyl (C=O) groups excluding carboxylic acids is 2. The second-order valence-corrected chi connectivity index (χ2v) is 8.06. The van der Waals surface area contributed by atoms with Gasteiger partial charge in [-0.25, -0.2) is 0 Å². The van der Waals surface area contributed by atoms with E-state index in [9.17, 15) is 9.59 Å². The average Bonchev–Trinajstić information content (AvgIpc) is 3.14. The van der Waals surface area contributed by atoms with Gasteiger partial charge >= 0.3 is 0 Å². The third-order valence-electron chi connectivity index (χ3n) is 4.62. The first kappa shape index (κ1) is 21.2.